The molecule has 0 radical (unpaired) electrons. The number of thiophene rings is 1. The van der Waals surface area contributed by atoms with Crippen molar-refractivity contribution in [2.75, 3.05) is 56.6 Å². The summed E-state index contributed by atoms with van der Waals surface area (Å²) in [6.45, 7) is 14.4. The molecule has 5 aliphatic rings. The molecule has 21 heteroatoms. The van der Waals surface area contributed by atoms with Crippen molar-refractivity contribution in [2.24, 2.45) is 0 Å². The minimum absolute atomic E-state index is 0.00974. The third-order valence-corrected chi connectivity index (χ3v) is 17.4. The Morgan fingerprint density at radius 1 is 1.00 bits per heavy atom. The number of amides is 1. The van der Waals surface area contributed by atoms with Crippen LogP contribution in [-0.4, -0.2) is 104 Å². The minimum atomic E-state index is -1.56. The van der Waals surface area contributed by atoms with Crippen LogP contribution in [0.25, 0.3) is 54.4 Å². The van der Waals surface area contributed by atoms with Crippen LogP contribution in [0.3, 0.4) is 0 Å². The number of hydrogen-bond acceptors (Lipinski definition) is 16. The average molecular weight is 1140 g/mol. The van der Waals surface area contributed by atoms with Crippen LogP contribution in [0, 0.1) is 34.3 Å². The summed E-state index contributed by atoms with van der Waals surface area (Å²) in [5.41, 5.74) is 9.95. The molecule has 3 N–H and O–H groups in total. The largest absolute Gasteiger partial charge is 0.489 e. The number of benzene rings is 3. The van der Waals surface area contributed by atoms with Crippen LogP contribution in [0.2, 0.25) is 5.02 Å². The van der Waals surface area contributed by atoms with E-state index in [1.807, 2.05) is 57.7 Å². The second kappa shape index (κ2) is 23.0. The van der Waals surface area contributed by atoms with Crippen molar-refractivity contribution in [3.05, 3.63) is 109 Å². The van der Waals surface area contributed by atoms with Gasteiger partial charge in [0.1, 0.15) is 53.8 Å². The molecule has 2 unspecified atom stereocenters. The number of aryl methyl sites for hydroxylation is 1. The van der Waals surface area contributed by atoms with Gasteiger partial charge in [0, 0.05) is 52.5 Å². The molecule has 5 aliphatic heterocycles. The number of nitrogen functional groups attached to an aromatic ring is 1. The minimum Gasteiger partial charge on any atom is -0.489 e. The quantitative estimate of drug-likeness (QED) is 0.0907. The summed E-state index contributed by atoms with van der Waals surface area (Å²) in [6.07, 6.45) is 4.62. The molecule has 81 heavy (non-hydrogen) atoms. The molecule has 12 rings (SSSR count). The normalized spacial score (nSPS) is 18.0. The molecule has 420 valence electrons. The standard InChI is InChI=1S/C56H49ClF2N10O7S.2C2H6/c1-3-28(25-74-30-7-10-41-33(19-30)31(4-2)37-24-69-42(46(37)63-41)21-34-38(53(69)72)26-75-54(73)48(34)70)52(71)68-18-17-66(23-29(68)11-14-60)51-35-20-39(57)44(32-8-9-40(58)49-43(32)36(22-61)50(62)77-49)45(59)47(35)64-55(65-51)76-27-56-12-5-15-67(56)16-6-13-56;2*1-2/h3,7-10,19-21,29,48,70H,4-6,11-13,15-18,23-27,62H2,1-2H3;2*1-2H3/b28-3+;;. The maximum Gasteiger partial charge on any atom is 0.340 e. The van der Waals surface area contributed by atoms with E-state index in [9.17, 15) is 30.0 Å². The van der Waals surface area contributed by atoms with Crippen LogP contribution >= 0.6 is 22.9 Å². The van der Waals surface area contributed by atoms with Gasteiger partial charge in [-0.15, -0.1) is 11.3 Å². The number of hydrogen-bond donors (Lipinski definition) is 2. The van der Waals surface area contributed by atoms with Crippen molar-refractivity contribution in [1.82, 2.24) is 29.3 Å². The maximum absolute atomic E-state index is 17.5. The van der Waals surface area contributed by atoms with Crippen molar-refractivity contribution >= 4 is 77.5 Å². The fourth-order valence-electron chi connectivity index (χ4n) is 12.3. The van der Waals surface area contributed by atoms with E-state index in [-0.39, 0.29) is 134 Å². The van der Waals surface area contributed by atoms with Gasteiger partial charge in [0.05, 0.1) is 73.9 Å². The molecule has 1 amide bonds. The van der Waals surface area contributed by atoms with E-state index in [1.54, 1.807) is 40.7 Å². The number of ether oxygens (including phenoxy) is 3. The Kier molecular flexibility index (Phi) is 16.1. The fraction of sp³-hybridized carbons (Fsp3) is 0.400. The highest BCUT2D eigenvalue weighted by Gasteiger charge is 2.45. The zero-order valence-electron chi connectivity index (χ0n) is 45.9. The van der Waals surface area contributed by atoms with Crippen LogP contribution in [0.4, 0.5) is 19.6 Å². The Morgan fingerprint density at radius 2 is 1.77 bits per heavy atom. The number of cyclic esters (lactones) is 1. The SMILES string of the molecule is C/C=C(\COc1ccc2nc3c(c(CC)c2c1)Cn1c-3cc2c(c1=O)COC(=O)C2O)C(=O)N1CCN(c2nc(OCC34CCCN3CCC4)nc3c(F)c(-c4ccc(F)c5sc(N)c(C#N)c45)c(Cl)cc23)CC1CC#N.CC.CC. The van der Waals surface area contributed by atoms with E-state index in [4.69, 9.17) is 41.5 Å². The van der Waals surface area contributed by atoms with Crippen molar-refractivity contribution in [3.8, 4) is 46.4 Å². The number of nitriles is 2. The summed E-state index contributed by atoms with van der Waals surface area (Å²) < 4.78 is 52.3. The molecule has 4 aromatic heterocycles. The summed E-state index contributed by atoms with van der Waals surface area (Å²) in [5, 5.41) is 32.1. The van der Waals surface area contributed by atoms with Crippen molar-refractivity contribution in [1.29, 1.82) is 10.5 Å². The molecule has 3 aromatic carbocycles. The lowest BCUT2D eigenvalue weighted by atomic mass is 9.95. The lowest BCUT2D eigenvalue weighted by molar-refractivity contribution is -0.157. The monoisotopic (exact) mass is 1140 g/mol. The van der Waals surface area contributed by atoms with Crippen molar-refractivity contribution in [2.45, 2.75) is 111 Å². The first-order valence-electron chi connectivity index (χ1n) is 27.5. The molecule has 2 atom stereocenters. The predicted molar refractivity (Wildman–Crippen MR) is 307 cm³/mol. The molecule has 0 saturated carbocycles. The van der Waals surface area contributed by atoms with Crippen LogP contribution < -0.4 is 25.7 Å². The zero-order valence-corrected chi connectivity index (χ0v) is 47.5. The molecular weight excluding hydrogens is 1080 g/mol. The van der Waals surface area contributed by atoms with E-state index >= 15 is 8.78 Å². The van der Waals surface area contributed by atoms with Gasteiger partial charge in [0.2, 0.25) is 0 Å². The number of allylic oxidation sites excluding steroid dienone is 1. The number of rotatable bonds is 11. The van der Waals surface area contributed by atoms with Gasteiger partial charge in [-0.2, -0.15) is 20.5 Å². The highest BCUT2D eigenvalue weighted by atomic mass is 35.5. The smallest absolute Gasteiger partial charge is 0.340 e. The number of halogens is 3. The number of carbonyl (C=O) groups excluding carboxylic acids is 2. The first-order valence-corrected chi connectivity index (χ1v) is 28.7. The summed E-state index contributed by atoms with van der Waals surface area (Å²) >= 11 is 7.92. The van der Waals surface area contributed by atoms with Crippen LogP contribution in [0.5, 0.6) is 11.8 Å². The van der Waals surface area contributed by atoms with Gasteiger partial charge in [-0.1, -0.05) is 58.4 Å². The summed E-state index contributed by atoms with van der Waals surface area (Å²) in [6, 6.07) is 14.8. The van der Waals surface area contributed by atoms with E-state index in [0.717, 1.165) is 66.6 Å². The molecule has 9 heterocycles. The number of esters is 1. The summed E-state index contributed by atoms with van der Waals surface area (Å²) in [5.74, 6) is -1.81. The number of anilines is 2. The lowest BCUT2D eigenvalue weighted by Gasteiger charge is -2.41. The number of fused-ring (bicyclic) bond motifs is 8. The Bertz CT molecular complexity index is 3880. The lowest BCUT2D eigenvalue weighted by Crippen LogP contribution is -2.56. The van der Waals surface area contributed by atoms with E-state index < -0.39 is 29.7 Å². The second-order valence-electron chi connectivity index (χ2n) is 20.1. The van der Waals surface area contributed by atoms with Crippen LogP contribution in [-0.2, 0) is 33.9 Å². The van der Waals surface area contributed by atoms with Gasteiger partial charge in [0.15, 0.2) is 11.9 Å². The number of aliphatic hydroxyl groups excluding tert-OH is 1. The Balaban J connectivity index is 0.00000180. The molecule has 3 fully saturated rings. The second-order valence-corrected chi connectivity index (χ2v) is 21.6. The number of aliphatic hydroxyl groups is 1. The highest BCUT2D eigenvalue weighted by Crippen LogP contribution is 2.47. The Hall–Kier alpha value is -7.75. The van der Waals surface area contributed by atoms with Gasteiger partial charge in [0.25, 0.3) is 11.5 Å². The molecule has 3 saturated heterocycles. The predicted octanol–water partition coefficient (Wildman–Crippen LogP) is 10.3. The Morgan fingerprint density at radius 3 is 2.48 bits per heavy atom. The van der Waals surface area contributed by atoms with E-state index in [1.165, 1.54) is 12.1 Å². The topological polar surface area (TPSA) is 226 Å². The number of piperazine rings is 1. The van der Waals surface area contributed by atoms with E-state index in [0.29, 0.717) is 40.5 Å². The molecule has 0 spiro atoms. The van der Waals surface area contributed by atoms with E-state index in [2.05, 4.69) is 16.0 Å². The van der Waals surface area contributed by atoms with Gasteiger partial charge in [-0.3, -0.25) is 14.5 Å². The van der Waals surface area contributed by atoms with Gasteiger partial charge < -0.3 is 39.4 Å². The fourth-order valence-corrected chi connectivity index (χ4v) is 13.5. The first-order chi connectivity index (χ1) is 39.3. The summed E-state index contributed by atoms with van der Waals surface area (Å²) in [4.78, 5) is 60.9. The van der Waals surface area contributed by atoms with Gasteiger partial charge in [-0.25, -0.2) is 18.6 Å². The number of carbonyl (C=O) groups is 2. The number of nitrogens with two attached hydrogens (primary N) is 1. The van der Waals surface area contributed by atoms with Crippen LogP contribution in [0.1, 0.15) is 108 Å². The summed E-state index contributed by atoms with van der Waals surface area (Å²) in [7, 11) is 0. The molecule has 7 aromatic rings. The van der Waals surface area contributed by atoms with Crippen LogP contribution in [0.15, 0.2) is 58.9 Å². The molecular formula is C60H61ClF2N10O7S. The molecule has 17 nitrogen and oxygen atoms in total. The van der Waals surface area contributed by atoms with Crippen molar-refractivity contribution < 1.29 is 37.7 Å². The van der Waals surface area contributed by atoms with Crippen molar-refractivity contribution in [3.63, 3.8) is 0 Å². The third-order valence-electron chi connectivity index (χ3n) is 16.1. The third kappa shape index (κ3) is 9.65. The maximum atomic E-state index is 17.5. The Labute approximate surface area is 475 Å². The number of nitrogens with zero attached hydrogens (tertiary/aromatic N) is 9. The van der Waals surface area contributed by atoms with Gasteiger partial charge in [-0.05, 0) is 99.6 Å². The average Bonchev–Trinajstić information content (AvgIpc) is 3.60. The van der Waals surface area contributed by atoms with Gasteiger partial charge >= 0.3 is 12.0 Å². The number of pyridine rings is 2. The highest BCUT2D eigenvalue weighted by molar-refractivity contribution is 7.23. The molecule has 0 aliphatic carbocycles. The zero-order chi connectivity index (χ0) is 57.6. The molecule has 0 bridgehead atoms. The first kappa shape index (κ1) is 56.5. The number of aromatic nitrogens is 4.